The van der Waals surface area contributed by atoms with Gasteiger partial charge in [0.1, 0.15) is 11.6 Å². The van der Waals surface area contributed by atoms with E-state index in [1.54, 1.807) is 0 Å². The highest BCUT2D eigenvalue weighted by molar-refractivity contribution is 6.04. The zero-order valence-electron chi connectivity index (χ0n) is 10.7. The minimum atomic E-state index is -0.803. The Morgan fingerprint density at radius 1 is 1.25 bits per heavy atom. The quantitative estimate of drug-likeness (QED) is 0.886. The van der Waals surface area contributed by atoms with Crippen LogP contribution in [0.3, 0.4) is 0 Å². The number of hydrogen-bond donors (Lipinski definition) is 2. The molecular formula is C14H13F2N3O. The molecule has 3 rings (SSSR count). The maximum absolute atomic E-state index is 13.5. The summed E-state index contributed by atoms with van der Waals surface area (Å²) < 4.78 is 26.3. The van der Waals surface area contributed by atoms with Crippen molar-refractivity contribution in [3.63, 3.8) is 0 Å². The Hall–Kier alpha value is -2.24. The molecule has 20 heavy (non-hydrogen) atoms. The number of aryl methyl sites for hydroxylation is 1. The van der Waals surface area contributed by atoms with Gasteiger partial charge in [0.25, 0.3) is 5.91 Å². The van der Waals surface area contributed by atoms with Crippen molar-refractivity contribution in [2.45, 2.75) is 25.7 Å². The Labute approximate surface area is 114 Å². The van der Waals surface area contributed by atoms with Gasteiger partial charge in [-0.25, -0.2) is 8.78 Å². The first kappa shape index (κ1) is 12.8. The first-order valence-corrected chi connectivity index (χ1v) is 6.47. The molecule has 2 aromatic rings. The van der Waals surface area contributed by atoms with Crippen LogP contribution in [0.15, 0.2) is 18.2 Å². The van der Waals surface area contributed by atoms with Gasteiger partial charge in [-0.1, -0.05) is 0 Å². The van der Waals surface area contributed by atoms with Crippen molar-refractivity contribution in [3.05, 3.63) is 46.8 Å². The standard InChI is InChI=1S/C14H13F2N3O/c15-8-5-6-12(10(16)7-8)17-14(20)13-9-3-1-2-4-11(9)18-19-13/h5-7H,1-4H2,(H,17,20)(H,18,19). The Balaban J connectivity index is 1.84. The monoisotopic (exact) mass is 277 g/mol. The SMILES string of the molecule is O=C(Nc1ccc(F)cc1F)c1n[nH]c2c1CCCC2. The highest BCUT2D eigenvalue weighted by atomic mass is 19.1. The zero-order chi connectivity index (χ0) is 14.1. The van der Waals surface area contributed by atoms with E-state index in [0.717, 1.165) is 49.1 Å². The number of carbonyl (C=O) groups is 1. The molecular weight excluding hydrogens is 264 g/mol. The van der Waals surface area contributed by atoms with Crippen LogP contribution in [0.5, 0.6) is 0 Å². The second-order valence-electron chi connectivity index (χ2n) is 4.81. The van der Waals surface area contributed by atoms with Crippen molar-refractivity contribution in [3.8, 4) is 0 Å². The number of fused-ring (bicyclic) bond motifs is 1. The molecule has 4 nitrogen and oxygen atoms in total. The van der Waals surface area contributed by atoms with E-state index in [9.17, 15) is 13.6 Å². The lowest BCUT2D eigenvalue weighted by Gasteiger charge is -2.11. The number of rotatable bonds is 2. The van der Waals surface area contributed by atoms with Gasteiger partial charge in [0, 0.05) is 17.3 Å². The first-order chi connectivity index (χ1) is 9.65. The van der Waals surface area contributed by atoms with Crippen molar-refractivity contribution in [2.24, 2.45) is 0 Å². The summed E-state index contributed by atoms with van der Waals surface area (Å²) >= 11 is 0. The average molecular weight is 277 g/mol. The summed E-state index contributed by atoms with van der Waals surface area (Å²) in [4.78, 5) is 12.1. The van der Waals surface area contributed by atoms with Crippen LogP contribution >= 0.6 is 0 Å². The molecule has 0 radical (unpaired) electrons. The van der Waals surface area contributed by atoms with Crippen LogP contribution in [-0.2, 0) is 12.8 Å². The second-order valence-corrected chi connectivity index (χ2v) is 4.81. The molecule has 1 aliphatic carbocycles. The number of amides is 1. The van der Waals surface area contributed by atoms with Crippen LogP contribution in [0.25, 0.3) is 0 Å². The van der Waals surface area contributed by atoms with Crippen molar-refractivity contribution in [1.29, 1.82) is 0 Å². The summed E-state index contributed by atoms with van der Waals surface area (Å²) in [7, 11) is 0. The number of H-pyrrole nitrogens is 1. The summed E-state index contributed by atoms with van der Waals surface area (Å²) in [6.45, 7) is 0. The molecule has 6 heteroatoms. The van der Waals surface area contributed by atoms with Gasteiger partial charge in [0.05, 0.1) is 5.69 Å². The van der Waals surface area contributed by atoms with Gasteiger partial charge in [-0.05, 0) is 37.8 Å². The van der Waals surface area contributed by atoms with E-state index >= 15 is 0 Å². The van der Waals surface area contributed by atoms with Crippen LogP contribution in [0.2, 0.25) is 0 Å². The van der Waals surface area contributed by atoms with Gasteiger partial charge >= 0.3 is 0 Å². The molecule has 0 bridgehead atoms. The van der Waals surface area contributed by atoms with E-state index in [-0.39, 0.29) is 5.69 Å². The average Bonchev–Trinajstić information content (AvgIpc) is 2.86. The van der Waals surface area contributed by atoms with E-state index in [0.29, 0.717) is 5.69 Å². The largest absolute Gasteiger partial charge is 0.318 e. The third-order valence-corrected chi connectivity index (χ3v) is 3.45. The summed E-state index contributed by atoms with van der Waals surface area (Å²) in [6.07, 6.45) is 3.75. The van der Waals surface area contributed by atoms with Crippen molar-refractivity contribution in [1.82, 2.24) is 10.2 Å². The number of benzene rings is 1. The fourth-order valence-corrected chi connectivity index (χ4v) is 2.44. The lowest BCUT2D eigenvalue weighted by atomic mass is 9.96. The lowest BCUT2D eigenvalue weighted by molar-refractivity contribution is 0.102. The normalized spacial score (nSPS) is 13.9. The Morgan fingerprint density at radius 2 is 2.05 bits per heavy atom. The predicted octanol–water partition coefficient (Wildman–Crippen LogP) is 2.82. The highest BCUT2D eigenvalue weighted by Crippen LogP contribution is 2.23. The van der Waals surface area contributed by atoms with E-state index in [2.05, 4.69) is 15.5 Å². The summed E-state index contributed by atoms with van der Waals surface area (Å²) in [5.41, 5.74) is 2.12. The summed E-state index contributed by atoms with van der Waals surface area (Å²) in [6, 6.07) is 3.02. The Bertz CT molecular complexity index is 666. The molecule has 0 saturated carbocycles. The number of nitrogens with one attached hydrogen (secondary N) is 2. The Kier molecular flexibility index (Phi) is 3.22. The molecule has 0 spiro atoms. The van der Waals surface area contributed by atoms with Gasteiger partial charge in [0.15, 0.2) is 5.69 Å². The third kappa shape index (κ3) is 2.29. The number of carbonyl (C=O) groups excluding carboxylic acids is 1. The molecule has 1 amide bonds. The molecule has 104 valence electrons. The fraction of sp³-hybridized carbons (Fsp3) is 0.286. The van der Waals surface area contributed by atoms with Gasteiger partial charge in [-0.3, -0.25) is 9.89 Å². The Morgan fingerprint density at radius 3 is 2.85 bits per heavy atom. The minimum absolute atomic E-state index is 0.0519. The summed E-state index contributed by atoms with van der Waals surface area (Å²) in [5.74, 6) is -1.96. The van der Waals surface area contributed by atoms with Gasteiger partial charge in [-0.2, -0.15) is 5.10 Å². The topological polar surface area (TPSA) is 57.8 Å². The van der Waals surface area contributed by atoms with Crippen molar-refractivity contribution >= 4 is 11.6 Å². The first-order valence-electron chi connectivity index (χ1n) is 6.47. The van der Waals surface area contributed by atoms with Crippen LogP contribution in [0, 0.1) is 11.6 Å². The number of nitrogens with zero attached hydrogens (tertiary/aromatic N) is 1. The van der Waals surface area contributed by atoms with Crippen molar-refractivity contribution in [2.75, 3.05) is 5.32 Å². The lowest BCUT2D eigenvalue weighted by Crippen LogP contribution is -2.16. The van der Waals surface area contributed by atoms with Crippen LogP contribution in [-0.4, -0.2) is 16.1 Å². The van der Waals surface area contributed by atoms with E-state index in [1.165, 1.54) is 6.07 Å². The highest BCUT2D eigenvalue weighted by Gasteiger charge is 2.22. The number of anilines is 1. The summed E-state index contributed by atoms with van der Waals surface area (Å²) in [5, 5.41) is 9.29. The fourth-order valence-electron chi connectivity index (χ4n) is 2.44. The molecule has 1 aromatic heterocycles. The number of aromatic amines is 1. The van der Waals surface area contributed by atoms with Crippen LogP contribution in [0.1, 0.15) is 34.6 Å². The molecule has 0 unspecified atom stereocenters. The molecule has 1 aliphatic rings. The molecule has 1 aromatic carbocycles. The minimum Gasteiger partial charge on any atom is -0.318 e. The van der Waals surface area contributed by atoms with Crippen molar-refractivity contribution < 1.29 is 13.6 Å². The van der Waals surface area contributed by atoms with Crippen LogP contribution < -0.4 is 5.32 Å². The maximum Gasteiger partial charge on any atom is 0.276 e. The van der Waals surface area contributed by atoms with Gasteiger partial charge in [-0.15, -0.1) is 0 Å². The third-order valence-electron chi connectivity index (χ3n) is 3.45. The maximum atomic E-state index is 13.5. The number of halogens is 2. The number of hydrogen-bond acceptors (Lipinski definition) is 2. The molecule has 0 fully saturated rings. The predicted molar refractivity (Wildman–Crippen MR) is 69.5 cm³/mol. The van der Waals surface area contributed by atoms with E-state index in [1.807, 2.05) is 0 Å². The van der Waals surface area contributed by atoms with Crippen LogP contribution in [0.4, 0.5) is 14.5 Å². The van der Waals surface area contributed by atoms with E-state index < -0.39 is 17.5 Å². The number of aromatic nitrogens is 2. The van der Waals surface area contributed by atoms with E-state index in [4.69, 9.17) is 0 Å². The molecule has 0 atom stereocenters. The molecule has 0 saturated heterocycles. The second kappa shape index (κ2) is 5.03. The zero-order valence-corrected chi connectivity index (χ0v) is 10.7. The van der Waals surface area contributed by atoms with Gasteiger partial charge in [0.2, 0.25) is 0 Å². The van der Waals surface area contributed by atoms with Gasteiger partial charge < -0.3 is 5.32 Å². The molecule has 1 heterocycles. The molecule has 2 N–H and O–H groups in total. The smallest absolute Gasteiger partial charge is 0.276 e. The molecule has 0 aliphatic heterocycles.